The third kappa shape index (κ3) is 8.08. The molecule has 14 heteroatoms. The lowest BCUT2D eigenvalue weighted by Gasteiger charge is -2.24. The van der Waals surface area contributed by atoms with E-state index in [1.54, 1.807) is 20.1 Å². The van der Waals surface area contributed by atoms with E-state index in [0.717, 1.165) is 31.2 Å². The number of pyridine rings is 1. The molecule has 0 spiro atoms. The highest BCUT2D eigenvalue weighted by atomic mass is 19.4. The minimum atomic E-state index is -4.57. The number of aliphatic imine (C=N–C) groups is 2. The molecule has 3 aromatic rings. The first-order chi connectivity index (χ1) is 19.9. The molecule has 0 aliphatic carbocycles. The largest absolute Gasteiger partial charge is 0.497 e. The molecule has 0 saturated carbocycles. The number of rotatable bonds is 11. The average molecular weight is 589 g/mol. The van der Waals surface area contributed by atoms with E-state index in [2.05, 4.69) is 37.5 Å². The van der Waals surface area contributed by atoms with E-state index in [-0.39, 0.29) is 29.8 Å². The van der Waals surface area contributed by atoms with Crippen molar-refractivity contribution in [2.24, 2.45) is 9.98 Å². The van der Waals surface area contributed by atoms with E-state index in [0.29, 0.717) is 17.9 Å². The number of alkyl halides is 3. The average Bonchev–Trinajstić information content (AvgIpc) is 3.41. The summed E-state index contributed by atoms with van der Waals surface area (Å²) in [6, 6.07) is 9.30. The molecule has 42 heavy (non-hydrogen) atoms. The molecule has 11 nitrogen and oxygen atoms in total. The van der Waals surface area contributed by atoms with Crippen LogP contribution in [-0.4, -0.2) is 48.6 Å². The van der Waals surface area contributed by atoms with Crippen molar-refractivity contribution in [1.82, 2.24) is 15.5 Å². The number of ether oxygens (including phenoxy) is 3. The number of hydrogen-bond donors (Lipinski definition) is 2. The molecule has 0 unspecified atom stereocenters. The van der Waals surface area contributed by atoms with Crippen LogP contribution in [0.5, 0.6) is 17.4 Å². The van der Waals surface area contributed by atoms with Crippen LogP contribution in [0.1, 0.15) is 44.6 Å². The summed E-state index contributed by atoms with van der Waals surface area (Å²) in [5, 5.41) is 8.29. The maximum Gasteiger partial charge on any atom is 0.401 e. The van der Waals surface area contributed by atoms with Crippen molar-refractivity contribution >= 4 is 24.4 Å². The van der Waals surface area contributed by atoms with E-state index >= 15 is 0 Å². The van der Waals surface area contributed by atoms with Gasteiger partial charge in [0.25, 0.3) is 5.88 Å². The van der Waals surface area contributed by atoms with Gasteiger partial charge in [-0.05, 0) is 58.2 Å². The Bertz CT molecular complexity index is 1450. The fraction of sp³-hybridized carbons (Fsp3) is 0.321. The fourth-order valence-corrected chi connectivity index (χ4v) is 3.29. The molecular weight excluding hydrogens is 557 g/mol. The summed E-state index contributed by atoms with van der Waals surface area (Å²) in [6.07, 6.45) is -1.75. The van der Waals surface area contributed by atoms with Crippen LogP contribution in [0.3, 0.4) is 0 Å². The second-order valence-corrected chi connectivity index (χ2v) is 9.30. The third-order valence-corrected chi connectivity index (χ3v) is 5.83. The Morgan fingerprint density at radius 1 is 1.17 bits per heavy atom. The predicted octanol–water partition coefficient (Wildman–Crippen LogP) is 6.03. The highest BCUT2D eigenvalue weighted by molar-refractivity contribution is 6.02. The number of aromatic nitrogens is 2. The van der Waals surface area contributed by atoms with Crippen molar-refractivity contribution < 1.29 is 36.7 Å². The molecule has 2 aromatic heterocycles. The van der Waals surface area contributed by atoms with Crippen LogP contribution in [0.2, 0.25) is 0 Å². The van der Waals surface area contributed by atoms with Gasteiger partial charge in [0.2, 0.25) is 0 Å². The summed E-state index contributed by atoms with van der Waals surface area (Å²) < 4.78 is 61.2. The van der Waals surface area contributed by atoms with Gasteiger partial charge in [-0.15, -0.1) is 0 Å². The Morgan fingerprint density at radius 3 is 2.50 bits per heavy atom. The Morgan fingerprint density at radius 2 is 1.88 bits per heavy atom. The quantitative estimate of drug-likeness (QED) is 0.207. The molecule has 2 amide bonds. The lowest BCUT2D eigenvalue weighted by molar-refractivity contribution is -0.185. The normalized spacial score (nSPS) is 12.5. The molecule has 0 radical (unpaired) electrons. The van der Waals surface area contributed by atoms with Gasteiger partial charge in [0.1, 0.15) is 17.8 Å². The number of allylic oxidation sites excluding steroid dienone is 1. The molecule has 0 aliphatic heterocycles. The third-order valence-electron chi connectivity index (χ3n) is 5.83. The van der Waals surface area contributed by atoms with Crippen molar-refractivity contribution in [2.45, 2.75) is 45.9 Å². The number of amidine groups is 1. The van der Waals surface area contributed by atoms with Gasteiger partial charge in [0.05, 0.1) is 13.7 Å². The Balaban J connectivity index is 1.67. The van der Waals surface area contributed by atoms with E-state index in [4.69, 9.17) is 18.7 Å². The van der Waals surface area contributed by atoms with E-state index in [1.807, 2.05) is 31.2 Å². The second-order valence-electron chi connectivity index (χ2n) is 9.30. The molecular formula is C28H31F3N6O5. The maximum absolute atomic E-state index is 13.2. The minimum Gasteiger partial charge on any atom is -0.497 e. The summed E-state index contributed by atoms with van der Waals surface area (Å²) in [6.45, 7) is 9.41. The first kappa shape index (κ1) is 31.6. The number of methoxy groups -OCH3 is 1. The number of urea groups is 1. The molecule has 0 bridgehead atoms. The van der Waals surface area contributed by atoms with E-state index in [1.165, 1.54) is 12.4 Å². The van der Waals surface area contributed by atoms with Crippen LogP contribution in [0.25, 0.3) is 0 Å². The first-order valence-electron chi connectivity index (χ1n) is 12.6. The summed E-state index contributed by atoms with van der Waals surface area (Å²) in [5.74, 6) is 0.938. The van der Waals surface area contributed by atoms with Gasteiger partial charge in [-0.1, -0.05) is 17.3 Å². The summed E-state index contributed by atoms with van der Waals surface area (Å²) in [4.78, 5) is 24.8. The molecule has 2 N–H and O–H groups in total. The van der Waals surface area contributed by atoms with Crippen LogP contribution in [-0.2, 0) is 12.0 Å². The number of benzene rings is 1. The molecule has 0 fully saturated rings. The topological polar surface area (TPSA) is 132 Å². The first-order valence-corrected chi connectivity index (χ1v) is 12.6. The predicted molar refractivity (Wildman–Crippen MR) is 150 cm³/mol. The smallest absolute Gasteiger partial charge is 0.401 e. The highest BCUT2D eigenvalue weighted by Gasteiger charge is 2.51. The standard InChI is InChI=1S/C28H31F3N6O5/c1-7-40-21-12-19(15-34-25(21)41-16-18-8-10-20(39-6)11-9-18)24(32-5)33-14-17(2)35-26(38)36-23-13-22(42-37-23)27(3,4)28(29,30)31/h8-15H,5,7,16H2,1-4,6H3,(H2,35,36,37,38)/b17-14+,33-24?. The van der Waals surface area contributed by atoms with Gasteiger partial charge in [-0.2, -0.15) is 13.2 Å². The molecule has 3 rings (SSSR count). The molecule has 0 saturated heterocycles. The minimum absolute atomic E-state index is 0.183. The van der Waals surface area contributed by atoms with Crippen LogP contribution >= 0.6 is 0 Å². The molecule has 1 aromatic carbocycles. The number of carbonyl (C=O) groups is 1. The maximum atomic E-state index is 13.2. The summed E-state index contributed by atoms with van der Waals surface area (Å²) in [5.41, 5.74) is -0.621. The molecule has 224 valence electrons. The zero-order valence-corrected chi connectivity index (χ0v) is 23.7. The lowest BCUT2D eigenvalue weighted by atomic mass is 9.89. The monoisotopic (exact) mass is 588 g/mol. The van der Waals surface area contributed by atoms with E-state index < -0.39 is 23.4 Å². The molecule has 2 heterocycles. The zero-order valence-electron chi connectivity index (χ0n) is 23.7. The summed E-state index contributed by atoms with van der Waals surface area (Å²) in [7, 11) is 1.59. The Labute approximate surface area is 240 Å². The number of halogens is 3. The summed E-state index contributed by atoms with van der Waals surface area (Å²) >= 11 is 0. The zero-order chi connectivity index (χ0) is 30.9. The van der Waals surface area contributed by atoms with Crippen molar-refractivity contribution in [3.63, 3.8) is 0 Å². The number of amides is 2. The van der Waals surface area contributed by atoms with Crippen LogP contribution < -0.4 is 24.8 Å². The SMILES string of the molecule is C=NC(=N/C=C(\C)NC(=O)Nc1cc(C(C)(C)C(F)(F)F)on1)c1cnc(OCc2ccc(OC)cc2)c(OCC)c1. The van der Waals surface area contributed by atoms with Gasteiger partial charge in [0, 0.05) is 29.7 Å². The fourth-order valence-electron chi connectivity index (χ4n) is 3.29. The number of nitrogens with one attached hydrogen (secondary N) is 2. The number of nitrogens with zero attached hydrogens (tertiary/aromatic N) is 4. The van der Waals surface area contributed by atoms with Gasteiger partial charge >= 0.3 is 12.2 Å². The van der Waals surface area contributed by atoms with Crippen LogP contribution in [0.4, 0.5) is 23.8 Å². The van der Waals surface area contributed by atoms with Gasteiger partial charge in [-0.3, -0.25) is 5.32 Å². The van der Waals surface area contributed by atoms with Gasteiger partial charge in [-0.25, -0.2) is 19.8 Å². The Hall–Kier alpha value is -4.88. The van der Waals surface area contributed by atoms with Gasteiger partial charge < -0.3 is 24.1 Å². The number of hydrogen-bond acceptors (Lipinski definition) is 8. The van der Waals surface area contributed by atoms with E-state index in [9.17, 15) is 18.0 Å². The number of carbonyl (C=O) groups excluding carboxylic acids is 1. The van der Waals surface area contributed by atoms with Crippen molar-refractivity contribution in [3.05, 3.63) is 71.4 Å². The molecule has 0 atom stereocenters. The lowest BCUT2D eigenvalue weighted by Crippen LogP contribution is -2.36. The Kier molecular flexibility index (Phi) is 10.3. The van der Waals surface area contributed by atoms with Crippen molar-refractivity contribution in [2.75, 3.05) is 19.0 Å². The van der Waals surface area contributed by atoms with Gasteiger partial charge in [0.15, 0.2) is 23.2 Å². The number of anilines is 1. The highest BCUT2D eigenvalue weighted by Crippen LogP contribution is 2.41. The molecule has 0 aliphatic rings. The van der Waals surface area contributed by atoms with Crippen LogP contribution in [0, 0.1) is 0 Å². The van der Waals surface area contributed by atoms with Crippen molar-refractivity contribution in [1.29, 1.82) is 0 Å². The van der Waals surface area contributed by atoms with Crippen molar-refractivity contribution in [3.8, 4) is 17.4 Å². The van der Waals surface area contributed by atoms with Crippen LogP contribution in [0.15, 0.2) is 69.0 Å². The second kappa shape index (κ2) is 13.7.